The summed E-state index contributed by atoms with van der Waals surface area (Å²) in [4.78, 5) is 11.3. The highest BCUT2D eigenvalue weighted by atomic mass is 16.5. The average molecular weight is 195 g/mol. The predicted molar refractivity (Wildman–Crippen MR) is 53.5 cm³/mol. The van der Waals surface area contributed by atoms with Gasteiger partial charge < -0.3 is 10.5 Å². The van der Waals surface area contributed by atoms with E-state index in [1.165, 1.54) is 7.11 Å². The van der Waals surface area contributed by atoms with Crippen molar-refractivity contribution in [2.45, 2.75) is 32.2 Å². The molecule has 0 amide bonds. The van der Waals surface area contributed by atoms with E-state index in [9.17, 15) is 4.79 Å². The van der Waals surface area contributed by atoms with E-state index >= 15 is 0 Å². The fourth-order valence-electron chi connectivity index (χ4n) is 2.61. The minimum absolute atomic E-state index is 0.171. The molecular weight excluding hydrogens is 178 g/mol. The number of rotatable bonds is 2. The van der Waals surface area contributed by atoms with Gasteiger partial charge in [0.05, 0.1) is 7.11 Å². The Morgan fingerprint density at radius 2 is 2.50 bits per heavy atom. The fourth-order valence-corrected chi connectivity index (χ4v) is 2.61. The minimum atomic E-state index is -0.171. The number of fused-ring (bicyclic) bond motifs is 1. The number of hydrogen-bond donors (Lipinski definition) is 1. The summed E-state index contributed by atoms with van der Waals surface area (Å²) >= 11 is 0. The summed E-state index contributed by atoms with van der Waals surface area (Å²) in [6.45, 7) is 2.07. The summed E-state index contributed by atoms with van der Waals surface area (Å²) < 4.78 is 4.71. The number of ether oxygens (including phenoxy) is 1. The zero-order valence-corrected chi connectivity index (χ0v) is 8.75. The molecule has 3 heteroatoms. The molecule has 0 heterocycles. The molecule has 0 bridgehead atoms. The van der Waals surface area contributed by atoms with Crippen LogP contribution in [0.3, 0.4) is 0 Å². The normalized spacial score (nSPS) is 36.8. The molecule has 3 nitrogen and oxygen atoms in total. The molecule has 1 saturated carbocycles. The van der Waals surface area contributed by atoms with Gasteiger partial charge in [-0.15, -0.1) is 0 Å². The lowest BCUT2D eigenvalue weighted by molar-refractivity contribution is -0.136. The van der Waals surface area contributed by atoms with Crippen molar-refractivity contribution in [3.63, 3.8) is 0 Å². The van der Waals surface area contributed by atoms with Gasteiger partial charge in [0.25, 0.3) is 0 Å². The Hall–Kier alpha value is -0.830. The lowest BCUT2D eigenvalue weighted by atomic mass is 9.84. The number of carbonyl (C=O) groups excluding carboxylic acids is 1. The van der Waals surface area contributed by atoms with Crippen LogP contribution >= 0.6 is 0 Å². The molecule has 0 saturated heterocycles. The molecule has 2 unspecified atom stereocenters. The van der Waals surface area contributed by atoms with E-state index in [0.29, 0.717) is 11.3 Å². The van der Waals surface area contributed by atoms with Crippen LogP contribution < -0.4 is 5.73 Å². The second-order valence-electron chi connectivity index (χ2n) is 4.52. The fraction of sp³-hybridized carbons (Fsp3) is 0.727. The van der Waals surface area contributed by atoms with Crippen LogP contribution in [0.4, 0.5) is 0 Å². The molecule has 1 fully saturated rings. The van der Waals surface area contributed by atoms with Crippen molar-refractivity contribution < 1.29 is 9.53 Å². The van der Waals surface area contributed by atoms with Crippen molar-refractivity contribution in [1.82, 2.24) is 0 Å². The summed E-state index contributed by atoms with van der Waals surface area (Å²) in [5, 5.41) is 0. The van der Waals surface area contributed by atoms with E-state index in [2.05, 4.69) is 13.0 Å². The molecule has 0 aromatic carbocycles. The summed E-state index contributed by atoms with van der Waals surface area (Å²) in [6.07, 6.45) is 5.07. The number of methoxy groups -OCH3 is 1. The van der Waals surface area contributed by atoms with Gasteiger partial charge in [0.15, 0.2) is 0 Å². The number of esters is 1. The van der Waals surface area contributed by atoms with Crippen molar-refractivity contribution in [2.24, 2.45) is 17.1 Å². The molecule has 2 N–H and O–H groups in total. The van der Waals surface area contributed by atoms with Gasteiger partial charge in [-0.2, -0.15) is 0 Å². The Morgan fingerprint density at radius 3 is 3.00 bits per heavy atom. The first-order chi connectivity index (χ1) is 6.60. The van der Waals surface area contributed by atoms with Crippen LogP contribution in [0.25, 0.3) is 0 Å². The second kappa shape index (κ2) is 3.09. The van der Waals surface area contributed by atoms with Crippen LogP contribution in [0.2, 0.25) is 0 Å². The van der Waals surface area contributed by atoms with Gasteiger partial charge in [-0.3, -0.25) is 0 Å². The molecule has 2 aliphatic carbocycles. The predicted octanol–water partition coefficient (Wildman–Crippen LogP) is 1.23. The maximum Gasteiger partial charge on any atom is 0.333 e. The highest BCUT2D eigenvalue weighted by Gasteiger charge is 2.56. The van der Waals surface area contributed by atoms with E-state index in [0.717, 1.165) is 24.8 Å². The quantitative estimate of drug-likeness (QED) is 0.674. The third-order valence-corrected chi connectivity index (χ3v) is 3.79. The molecule has 0 aliphatic heterocycles. The smallest absolute Gasteiger partial charge is 0.333 e. The largest absolute Gasteiger partial charge is 0.466 e. The van der Waals surface area contributed by atoms with Gasteiger partial charge in [-0.05, 0) is 37.5 Å². The standard InChI is InChI=1S/C11H17NO2/c1-7(12)11-4-3-8(10(13)14-2)5-9(11)6-11/h5,7,9H,3-4,6,12H2,1-2H3/t7-,9?,11?/m0/s1. The number of allylic oxidation sites excluding steroid dienone is 1. The van der Waals surface area contributed by atoms with Gasteiger partial charge >= 0.3 is 5.97 Å². The van der Waals surface area contributed by atoms with Crippen LogP contribution in [-0.2, 0) is 9.53 Å². The molecule has 78 valence electrons. The molecular formula is C11H17NO2. The van der Waals surface area contributed by atoms with Gasteiger partial charge in [0.1, 0.15) is 0 Å². The zero-order chi connectivity index (χ0) is 10.3. The monoisotopic (exact) mass is 195 g/mol. The van der Waals surface area contributed by atoms with E-state index in [1.54, 1.807) is 0 Å². The molecule has 0 radical (unpaired) electrons. The van der Waals surface area contributed by atoms with Crippen molar-refractivity contribution in [3.05, 3.63) is 11.6 Å². The van der Waals surface area contributed by atoms with Crippen molar-refractivity contribution in [2.75, 3.05) is 7.11 Å². The van der Waals surface area contributed by atoms with Crippen molar-refractivity contribution in [1.29, 1.82) is 0 Å². The summed E-state index contributed by atoms with van der Waals surface area (Å²) in [5.74, 6) is 0.348. The number of nitrogens with two attached hydrogens (primary N) is 1. The van der Waals surface area contributed by atoms with E-state index in [4.69, 9.17) is 10.5 Å². The lowest BCUT2D eigenvalue weighted by Crippen LogP contribution is -2.31. The lowest BCUT2D eigenvalue weighted by Gasteiger charge is -2.24. The third-order valence-electron chi connectivity index (χ3n) is 3.79. The number of hydrogen-bond acceptors (Lipinski definition) is 3. The Labute approximate surface area is 84.3 Å². The Bertz CT molecular complexity index is 296. The molecule has 2 rings (SSSR count). The van der Waals surface area contributed by atoms with Crippen LogP contribution in [0.5, 0.6) is 0 Å². The molecule has 2 aliphatic rings. The first-order valence-corrected chi connectivity index (χ1v) is 5.15. The third kappa shape index (κ3) is 1.27. The highest BCUT2D eigenvalue weighted by molar-refractivity contribution is 5.88. The van der Waals surface area contributed by atoms with Gasteiger partial charge in [-0.25, -0.2) is 4.79 Å². The highest BCUT2D eigenvalue weighted by Crippen LogP contribution is 2.61. The number of carbonyl (C=O) groups is 1. The zero-order valence-electron chi connectivity index (χ0n) is 8.75. The van der Waals surface area contributed by atoms with Crippen LogP contribution in [0, 0.1) is 11.3 Å². The maximum absolute atomic E-state index is 11.3. The first kappa shape index (κ1) is 9.71. The van der Waals surface area contributed by atoms with Crippen molar-refractivity contribution in [3.8, 4) is 0 Å². The van der Waals surface area contributed by atoms with Crippen molar-refractivity contribution >= 4 is 5.97 Å². The first-order valence-electron chi connectivity index (χ1n) is 5.15. The summed E-state index contributed by atoms with van der Waals surface area (Å²) in [6, 6.07) is 0.239. The summed E-state index contributed by atoms with van der Waals surface area (Å²) in [7, 11) is 1.43. The van der Waals surface area contributed by atoms with Crippen LogP contribution in [0.15, 0.2) is 11.6 Å². The minimum Gasteiger partial charge on any atom is -0.466 e. The molecule has 0 aromatic heterocycles. The maximum atomic E-state index is 11.3. The van der Waals surface area contributed by atoms with Gasteiger partial charge in [0.2, 0.25) is 0 Å². The van der Waals surface area contributed by atoms with Crippen LogP contribution in [0.1, 0.15) is 26.2 Å². The average Bonchev–Trinajstić information content (AvgIpc) is 2.90. The van der Waals surface area contributed by atoms with E-state index in [1.807, 2.05) is 0 Å². The van der Waals surface area contributed by atoms with Gasteiger partial charge in [0, 0.05) is 11.6 Å². The van der Waals surface area contributed by atoms with E-state index < -0.39 is 0 Å². The molecule has 0 aromatic rings. The SMILES string of the molecule is COC(=O)C1=CC2CC2([C@H](C)N)CC1. The van der Waals surface area contributed by atoms with Crippen LogP contribution in [-0.4, -0.2) is 19.1 Å². The van der Waals surface area contributed by atoms with Gasteiger partial charge in [-0.1, -0.05) is 6.08 Å². The summed E-state index contributed by atoms with van der Waals surface area (Å²) in [5.41, 5.74) is 7.09. The van der Waals surface area contributed by atoms with E-state index in [-0.39, 0.29) is 12.0 Å². The second-order valence-corrected chi connectivity index (χ2v) is 4.52. The molecule has 14 heavy (non-hydrogen) atoms. The molecule has 0 spiro atoms. The Morgan fingerprint density at radius 1 is 1.79 bits per heavy atom. The molecule has 3 atom stereocenters. The topological polar surface area (TPSA) is 52.3 Å². The Balaban J connectivity index is 2.10. The Kier molecular flexibility index (Phi) is 2.14.